The molecule has 0 aromatic rings. The Kier molecular flexibility index (Phi) is 3.62. The summed E-state index contributed by atoms with van der Waals surface area (Å²) in [4.78, 5) is 4.75. The largest absolute Gasteiger partial charge is 0.305 e. The first-order valence-electron chi connectivity index (χ1n) is 6.23. The van der Waals surface area contributed by atoms with Gasteiger partial charge in [-0.15, -0.1) is 0 Å². The Balaban J connectivity index is 1.87. The zero-order chi connectivity index (χ0) is 10.8. The molecule has 0 amide bonds. The van der Waals surface area contributed by atoms with Crippen molar-refractivity contribution in [1.82, 2.24) is 9.80 Å². The van der Waals surface area contributed by atoms with Crippen LogP contribution in [0.15, 0.2) is 0 Å². The van der Waals surface area contributed by atoms with Crippen molar-refractivity contribution < 1.29 is 4.39 Å². The average molecular weight is 214 g/mol. The second-order valence-electron chi connectivity index (χ2n) is 5.34. The minimum absolute atomic E-state index is 0.266. The Labute approximate surface area is 92.4 Å². The molecule has 2 fully saturated rings. The Morgan fingerprint density at radius 2 is 1.93 bits per heavy atom. The quantitative estimate of drug-likeness (QED) is 0.656. The van der Waals surface area contributed by atoms with E-state index in [-0.39, 0.29) is 5.92 Å². The molecule has 0 bridgehead atoms. The molecule has 3 heteroatoms. The summed E-state index contributed by atoms with van der Waals surface area (Å²) in [6.07, 6.45) is 2.95. The smallest absolute Gasteiger partial charge is 0.115 e. The highest BCUT2D eigenvalue weighted by molar-refractivity contribution is 4.85. The van der Waals surface area contributed by atoms with Gasteiger partial charge in [-0.2, -0.15) is 0 Å². The van der Waals surface area contributed by atoms with Crippen molar-refractivity contribution in [2.24, 2.45) is 5.92 Å². The van der Waals surface area contributed by atoms with Gasteiger partial charge in [0, 0.05) is 19.1 Å². The lowest BCUT2D eigenvalue weighted by Crippen LogP contribution is -2.52. The molecule has 2 nitrogen and oxygen atoms in total. The molecule has 0 N–H and O–H groups in total. The molecule has 0 aromatic carbocycles. The van der Waals surface area contributed by atoms with Crippen molar-refractivity contribution in [2.75, 3.05) is 33.2 Å². The van der Waals surface area contributed by atoms with Crippen molar-refractivity contribution in [1.29, 1.82) is 0 Å². The number of likely N-dealkylation sites (N-methyl/N-ethyl adjacent to an activating group) is 1. The molecule has 0 spiro atoms. The summed E-state index contributed by atoms with van der Waals surface area (Å²) in [5, 5.41) is 0. The van der Waals surface area contributed by atoms with Crippen molar-refractivity contribution in [3.63, 3.8) is 0 Å². The molecule has 2 heterocycles. The maximum Gasteiger partial charge on any atom is 0.115 e. The van der Waals surface area contributed by atoms with E-state index in [4.69, 9.17) is 0 Å². The van der Waals surface area contributed by atoms with E-state index in [1.807, 2.05) is 6.92 Å². The van der Waals surface area contributed by atoms with E-state index in [2.05, 4.69) is 16.8 Å². The number of piperidine rings is 2. The topological polar surface area (TPSA) is 6.48 Å². The first-order chi connectivity index (χ1) is 7.16. The van der Waals surface area contributed by atoms with Crippen molar-refractivity contribution >= 4 is 0 Å². The van der Waals surface area contributed by atoms with Crippen LogP contribution in [0, 0.1) is 5.92 Å². The van der Waals surface area contributed by atoms with E-state index < -0.39 is 6.17 Å². The van der Waals surface area contributed by atoms with Crippen LogP contribution in [0.4, 0.5) is 4.39 Å². The van der Waals surface area contributed by atoms with E-state index >= 15 is 0 Å². The minimum atomic E-state index is -0.606. The summed E-state index contributed by atoms with van der Waals surface area (Å²) >= 11 is 0. The first kappa shape index (κ1) is 11.3. The fraction of sp³-hybridized carbons (Fsp3) is 1.00. The van der Waals surface area contributed by atoms with Gasteiger partial charge in [-0.05, 0) is 45.3 Å². The maximum atomic E-state index is 13.6. The molecule has 3 atom stereocenters. The lowest BCUT2D eigenvalue weighted by molar-refractivity contribution is 0.0352. The van der Waals surface area contributed by atoms with Crippen LogP contribution in [0.1, 0.15) is 26.2 Å². The van der Waals surface area contributed by atoms with E-state index in [1.54, 1.807) is 0 Å². The van der Waals surface area contributed by atoms with Gasteiger partial charge < -0.3 is 4.90 Å². The molecule has 0 aliphatic carbocycles. The van der Waals surface area contributed by atoms with Crippen LogP contribution in [0.3, 0.4) is 0 Å². The van der Waals surface area contributed by atoms with Gasteiger partial charge in [-0.1, -0.05) is 6.92 Å². The van der Waals surface area contributed by atoms with Gasteiger partial charge in [0.05, 0.1) is 0 Å². The fourth-order valence-corrected chi connectivity index (χ4v) is 2.81. The Hall–Kier alpha value is -0.150. The van der Waals surface area contributed by atoms with Crippen LogP contribution < -0.4 is 0 Å². The predicted octanol–water partition coefficient (Wildman–Crippen LogP) is 1.76. The third-order valence-electron chi connectivity index (χ3n) is 4.01. The van der Waals surface area contributed by atoms with Crippen LogP contribution in [-0.4, -0.2) is 55.2 Å². The highest BCUT2D eigenvalue weighted by atomic mass is 19.1. The average Bonchev–Trinajstić information content (AvgIpc) is 2.22. The van der Waals surface area contributed by atoms with Crippen LogP contribution in [-0.2, 0) is 0 Å². The van der Waals surface area contributed by atoms with E-state index in [9.17, 15) is 4.39 Å². The summed E-state index contributed by atoms with van der Waals surface area (Å²) in [6.45, 7) is 6.13. The molecular formula is C12H23FN2. The first-order valence-corrected chi connectivity index (χ1v) is 6.23. The Morgan fingerprint density at radius 1 is 1.13 bits per heavy atom. The van der Waals surface area contributed by atoms with Gasteiger partial charge >= 0.3 is 0 Å². The predicted molar refractivity (Wildman–Crippen MR) is 60.8 cm³/mol. The summed E-state index contributed by atoms with van der Waals surface area (Å²) in [7, 11) is 2.17. The number of nitrogens with zero attached hydrogens (tertiary/aromatic N) is 2. The summed E-state index contributed by atoms with van der Waals surface area (Å²) in [5.41, 5.74) is 0. The van der Waals surface area contributed by atoms with E-state index in [0.29, 0.717) is 12.6 Å². The Morgan fingerprint density at radius 3 is 2.60 bits per heavy atom. The number of alkyl halides is 1. The fourth-order valence-electron chi connectivity index (χ4n) is 2.81. The standard InChI is InChI=1S/C12H23FN2/c1-10-5-7-15(9-12(10)13)11-4-3-6-14(2)8-11/h10-12H,3-9H2,1-2H3. The van der Waals surface area contributed by atoms with Gasteiger partial charge in [0.2, 0.25) is 0 Å². The zero-order valence-corrected chi connectivity index (χ0v) is 9.95. The van der Waals surface area contributed by atoms with E-state index in [1.165, 1.54) is 19.4 Å². The van der Waals surface area contributed by atoms with Gasteiger partial charge in [0.25, 0.3) is 0 Å². The van der Waals surface area contributed by atoms with Crippen molar-refractivity contribution in [3.05, 3.63) is 0 Å². The molecule has 88 valence electrons. The monoisotopic (exact) mass is 214 g/mol. The summed E-state index contributed by atoms with van der Waals surface area (Å²) in [6, 6.07) is 0.606. The SMILES string of the molecule is CC1CCN(C2CCCN(C)C2)CC1F. The molecule has 2 rings (SSSR count). The van der Waals surface area contributed by atoms with Crippen LogP contribution >= 0.6 is 0 Å². The third-order valence-corrected chi connectivity index (χ3v) is 4.01. The molecular weight excluding hydrogens is 191 g/mol. The maximum absolute atomic E-state index is 13.6. The summed E-state index contributed by atoms with van der Waals surface area (Å²) in [5.74, 6) is 0.266. The Bertz CT molecular complexity index is 210. The second-order valence-corrected chi connectivity index (χ2v) is 5.34. The lowest BCUT2D eigenvalue weighted by Gasteiger charge is -2.42. The third kappa shape index (κ3) is 2.70. The molecule has 3 unspecified atom stereocenters. The highest BCUT2D eigenvalue weighted by Gasteiger charge is 2.31. The van der Waals surface area contributed by atoms with Gasteiger partial charge in [0.15, 0.2) is 0 Å². The van der Waals surface area contributed by atoms with Crippen molar-refractivity contribution in [2.45, 2.75) is 38.4 Å². The van der Waals surface area contributed by atoms with E-state index in [0.717, 1.165) is 19.5 Å². The second kappa shape index (κ2) is 4.79. The molecule has 2 saturated heterocycles. The number of hydrogen-bond donors (Lipinski definition) is 0. The molecule has 2 aliphatic heterocycles. The molecule has 0 radical (unpaired) electrons. The lowest BCUT2D eigenvalue weighted by atomic mass is 9.94. The van der Waals surface area contributed by atoms with Crippen LogP contribution in [0.2, 0.25) is 0 Å². The highest BCUT2D eigenvalue weighted by Crippen LogP contribution is 2.24. The van der Waals surface area contributed by atoms with Gasteiger partial charge in [0.1, 0.15) is 6.17 Å². The van der Waals surface area contributed by atoms with Gasteiger partial charge in [-0.25, -0.2) is 4.39 Å². The number of rotatable bonds is 1. The zero-order valence-electron chi connectivity index (χ0n) is 9.95. The number of halogens is 1. The molecule has 15 heavy (non-hydrogen) atoms. The summed E-state index contributed by atoms with van der Waals surface area (Å²) < 4.78 is 13.6. The normalized spacial score (nSPS) is 40.6. The number of likely N-dealkylation sites (tertiary alicyclic amines) is 2. The molecule has 2 aliphatic rings. The van der Waals surface area contributed by atoms with Gasteiger partial charge in [-0.3, -0.25) is 4.90 Å². The van der Waals surface area contributed by atoms with Crippen LogP contribution in [0.25, 0.3) is 0 Å². The molecule has 0 saturated carbocycles. The molecule has 0 aromatic heterocycles. The number of hydrogen-bond acceptors (Lipinski definition) is 2. The van der Waals surface area contributed by atoms with Crippen molar-refractivity contribution in [3.8, 4) is 0 Å². The van der Waals surface area contributed by atoms with Crippen LogP contribution in [0.5, 0.6) is 0 Å². The minimum Gasteiger partial charge on any atom is -0.305 e.